The van der Waals surface area contributed by atoms with Crippen LogP contribution in [0, 0.1) is 5.92 Å². The lowest BCUT2D eigenvalue weighted by Gasteiger charge is -2.29. The van der Waals surface area contributed by atoms with Crippen molar-refractivity contribution in [3.05, 3.63) is 0 Å². The topological polar surface area (TPSA) is 69.6 Å². The monoisotopic (exact) mass is 286 g/mol. The summed E-state index contributed by atoms with van der Waals surface area (Å²) in [6.07, 6.45) is 2.78. The summed E-state index contributed by atoms with van der Waals surface area (Å²) in [5.74, 6) is -0.155. The minimum absolute atomic E-state index is 0.00507. The molecule has 0 aromatic carbocycles. The predicted octanol–water partition coefficient (Wildman–Crippen LogP) is 1.14. The molecule has 0 radical (unpaired) electrons. The highest BCUT2D eigenvalue weighted by Gasteiger charge is 2.42. The van der Waals surface area contributed by atoms with Crippen LogP contribution in [0.15, 0.2) is 0 Å². The van der Waals surface area contributed by atoms with Crippen LogP contribution in [-0.2, 0) is 9.59 Å². The molecule has 0 aromatic heterocycles. The number of amides is 1. The zero-order valence-corrected chi connectivity index (χ0v) is 12.3. The molecule has 0 spiro atoms. The van der Waals surface area contributed by atoms with E-state index in [9.17, 15) is 14.7 Å². The van der Waals surface area contributed by atoms with Gasteiger partial charge in [-0.2, -0.15) is 0 Å². The number of hydrogen-bond acceptors (Lipinski definition) is 4. The molecular formula is C13H22N2O3S. The molecule has 1 saturated heterocycles. The quantitative estimate of drug-likeness (QED) is 0.766. The molecule has 1 aliphatic heterocycles. The lowest BCUT2D eigenvalue weighted by molar-refractivity contribution is -0.149. The molecule has 5 nitrogen and oxygen atoms in total. The van der Waals surface area contributed by atoms with Crippen LogP contribution >= 0.6 is 11.8 Å². The summed E-state index contributed by atoms with van der Waals surface area (Å²) < 4.78 is 0. The molecule has 0 aromatic rings. The highest BCUT2D eigenvalue weighted by molar-refractivity contribution is 8.00. The van der Waals surface area contributed by atoms with Crippen LogP contribution in [0.5, 0.6) is 0 Å². The molecule has 2 aliphatic rings. The van der Waals surface area contributed by atoms with Crippen molar-refractivity contribution in [3.8, 4) is 0 Å². The molecule has 2 atom stereocenters. The van der Waals surface area contributed by atoms with Gasteiger partial charge in [-0.1, -0.05) is 13.8 Å². The molecule has 6 heteroatoms. The van der Waals surface area contributed by atoms with Gasteiger partial charge < -0.3 is 15.3 Å². The first-order valence-electron chi connectivity index (χ1n) is 6.89. The molecule has 19 heavy (non-hydrogen) atoms. The number of nitrogens with zero attached hydrogens (tertiary/aromatic N) is 1. The Morgan fingerprint density at radius 2 is 2.11 bits per heavy atom. The van der Waals surface area contributed by atoms with Crippen molar-refractivity contribution in [2.75, 3.05) is 12.3 Å². The summed E-state index contributed by atoms with van der Waals surface area (Å²) in [5.41, 5.74) is 0. The maximum Gasteiger partial charge on any atom is 0.327 e. The molecule has 1 aliphatic carbocycles. The van der Waals surface area contributed by atoms with Gasteiger partial charge in [0.2, 0.25) is 5.91 Å². The fourth-order valence-corrected chi connectivity index (χ4v) is 3.84. The fourth-order valence-electron chi connectivity index (χ4n) is 2.35. The number of carboxylic acid groups (broad SMARTS) is 1. The van der Waals surface area contributed by atoms with Crippen LogP contribution in [-0.4, -0.2) is 51.6 Å². The number of aliphatic carboxylic acids is 1. The zero-order chi connectivity index (χ0) is 14.0. The van der Waals surface area contributed by atoms with Gasteiger partial charge in [0.05, 0.1) is 5.37 Å². The molecule has 2 N–H and O–H groups in total. The Morgan fingerprint density at radius 1 is 1.42 bits per heavy atom. The van der Waals surface area contributed by atoms with Crippen molar-refractivity contribution in [1.82, 2.24) is 10.2 Å². The van der Waals surface area contributed by atoms with Gasteiger partial charge in [0, 0.05) is 24.8 Å². The van der Waals surface area contributed by atoms with Crippen molar-refractivity contribution in [3.63, 3.8) is 0 Å². The number of nitrogens with one attached hydrogen (secondary N) is 1. The maximum atomic E-state index is 12.3. The van der Waals surface area contributed by atoms with E-state index in [1.54, 1.807) is 16.7 Å². The number of carbonyl (C=O) groups is 2. The van der Waals surface area contributed by atoms with Crippen molar-refractivity contribution in [1.29, 1.82) is 0 Å². The lowest BCUT2D eigenvalue weighted by atomic mass is 10.1. The van der Waals surface area contributed by atoms with Gasteiger partial charge in [0.15, 0.2) is 0 Å². The van der Waals surface area contributed by atoms with E-state index < -0.39 is 12.0 Å². The van der Waals surface area contributed by atoms with E-state index in [2.05, 4.69) is 5.32 Å². The molecule has 2 rings (SSSR count). The summed E-state index contributed by atoms with van der Waals surface area (Å²) >= 11 is 1.58. The minimum Gasteiger partial charge on any atom is -0.480 e. The van der Waals surface area contributed by atoms with E-state index >= 15 is 0 Å². The van der Waals surface area contributed by atoms with Gasteiger partial charge >= 0.3 is 5.97 Å². The van der Waals surface area contributed by atoms with Crippen molar-refractivity contribution in [2.24, 2.45) is 5.92 Å². The molecule has 0 bridgehead atoms. The Balaban J connectivity index is 1.93. The van der Waals surface area contributed by atoms with Gasteiger partial charge in [-0.25, -0.2) is 4.79 Å². The van der Waals surface area contributed by atoms with E-state index in [-0.39, 0.29) is 17.2 Å². The molecule has 108 valence electrons. The Bertz CT molecular complexity index is 358. The van der Waals surface area contributed by atoms with Gasteiger partial charge in [0.1, 0.15) is 6.04 Å². The molecule has 2 fully saturated rings. The highest BCUT2D eigenvalue weighted by atomic mass is 32.2. The van der Waals surface area contributed by atoms with E-state index in [1.807, 2.05) is 13.8 Å². The minimum atomic E-state index is -0.890. The standard InChI is InChI=1S/C13H22N2O3S/c1-8(2)12-15(10(7-19-12)13(17)18)11(16)5-6-14-9-3-4-9/h8-10,12,14H,3-7H2,1-2H3,(H,17,18). The summed E-state index contributed by atoms with van der Waals surface area (Å²) in [7, 11) is 0. The van der Waals surface area contributed by atoms with Crippen LogP contribution in [0.25, 0.3) is 0 Å². The summed E-state index contributed by atoms with van der Waals surface area (Å²) in [5, 5.41) is 12.5. The largest absolute Gasteiger partial charge is 0.480 e. The predicted molar refractivity (Wildman–Crippen MR) is 75.0 cm³/mol. The Kier molecular flexibility index (Phi) is 4.73. The Hall–Kier alpha value is -0.750. The third kappa shape index (κ3) is 3.63. The number of thioether (sulfide) groups is 1. The van der Waals surface area contributed by atoms with Crippen LogP contribution in [0.4, 0.5) is 0 Å². The smallest absolute Gasteiger partial charge is 0.327 e. The van der Waals surface area contributed by atoms with Crippen molar-refractivity contribution in [2.45, 2.75) is 50.6 Å². The number of carbonyl (C=O) groups excluding carboxylic acids is 1. The number of carboxylic acids is 1. The lowest BCUT2D eigenvalue weighted by Crippen LogP contribution is -2.47. The van der Waals surface area contributed by atoms with Crippen LogP contribution in [0.2, 0.25) is 0 Å². The SMILES string of the molecule is CC(C)C1SCC(C(=O)O)N1C(=O)CCNC1CC1. The first-order valence-corrected chi connectivity index (χ1v) is 7.94. The summed E-state index contributed by atoms with van der Waals surface area (Å²) in [4.78, 5) is 25.1. The molecular weight excluding hydrogens is 264 g/mol. The van der Waals surface area contributed by atoms with Gasteiger partial charge in [0.25, 0.3) is 0 Å². The van der Waals surface area contributed by atoms with Crippen molar-refractivity contribution < 1.29 is 14.7 Å². The van der Waals surface area contributed by atoms with Gasteiger partial charge in [-0.15, -0.1) is 11.8 Å². The second-order valence-corrected chi connectivity index (χ2v) is 6.75. The summed E-state index contributed by atoms with van der Waals surface area (Å²) in [6.45, 7) is 4.72. The van der Waals surface area contributed by atoms with E-state index in [4.69, 9.17) is 0 Å². The molecule has 1 amide bonds. The average Bonchev–Trinajstić information content (AvgIpc) is 3.04. The Labute approximate surface area is 118 Å². The second kappa shape index (κ2) is 6.13. The second-order valence-electron chi connectivity index (χ2n) is 5.60. The number of hydrogen-bond donors (Lipinski definition) is 2. The molecule has 1 saturated carbocycles. The molecule has 2 unspecified atom stereocenters. The van der Waals surface area contributed by atoms with Gasteiger partial charge in [-0.05, 0) is 18.8 Å². The van der Waals surface area contributed by atoms with E-state index in [0.29, 0.717) is 24.8 Å². The number of rotatable bonds is 6. The summed E-state index contributed by atoms with van der Waals surface area (Å²) in [6, 6.07) is -0.0808. The average molecular weight is 286 g/mol. The zero-order valence-electron chi connectivity index (χ0n) is 11.5. The van der Waals surface area contributed by atoms with Gasteiger partial charge in [-0.3, -0.25) is 4.79 Å². The first kappa shape index (κ1) is 14.7. The van der Waals surface area contributed by atoms with Crippen molar-refractivity contribution >= 4 is 23.6 Å². The van der Waals surface area contributed by atoms with Crippen LogP contribution < -0.4 is 5.32 Å². The molecule has 1 heterocycles. The van der Waals surface area contributed by atoms with E-state index in [0.717, 1.165) is 0 Å². The fraction of sp³-hybridized carbons (Fsp3) is 0.846. The van der Waals surface area contributed by atoms with Crippen LogP contribution in [0.1, 0.15) is 33.1 Å². The normalized spacial score (nSPS) is 27.0. The Morgan fingerprint density at radius 3 is 2.63 bits per heavy atom. The van der Waals surface area contributed by atoms with Crippen LogP contribution in [0.3, 0.4) is 0 Å². The van der Waals surface area contributed by atoms with E-state index in [1.165, 1.54) is 12.8 Å². The first-order chi connectivity index (χ1) is 9.00. The highest BCUT2D eigenvalue weighted by Crippen LogP contribution is 2.34. The third-order valence-electron chi connectivity index (χ3n) is 3.53. The third-order valence-corrected chi connectivity index (χ3v) is 5.15. The maximum absolute atomic E-state index is 12.3.